The fourth-order valence-corrected chi connectivity index (χ4v) is 2.98. The first-order valence-electron chi connectivity index (χ1n) is 7.99. The summed E-state index contributed by atoms with van der Waals surface area (Å²) in [5.74, 6) is -0.822. The van der Waals surface area contributed by atoms with E-state index in [-0.39, 0.29) is 11.4 Å². The van der Waals surface area contributed by atoms with Crippen LogP contribution in [0.5, 0.6) is 0 Å². The molecule has 1 aliphatic carbocycles. The number of hydrogen-bond donors (Lipinski definition) is 0. The Labute approximate surface area is 139 Å². The molecule has 3 heterocycles. The maximum absolute atomic E-state index is 12.4. The summed E-state index contributed by atoms with van der Waals surface area (Å²) < 4.78 is 1.61. The van der Waals surface area contributed by atoms with Gasteiger partial charge < -0.3 is 9.80 Å². The topological polar surface area (TPSA) is 84.2 Å². The van der Waals surface area contributed by atoms with Crippen molar-refractivity contribution >= 4 is 11.8 Å². The number of piperazine rings is 1. The first-order chi connectivity index (χ1) is 11.6. The van der Waals surface area contributed by atoms with Crippen LogP contribution in [0.15, 0.2) is 30.7 Å². The van der Waals surface area contributed by atoms with E-state index in [2.05, 4.69) is 15.3 Å². The van der Waals surface area contributed by atoms with Crippen LogP contribution < -0.4 is 0 Å². The monoisotopic (exact) mass is 326 g/mol. The first-order valence-corrected chi connectivity index (χ1v) is 7.99. The molecule has 2 aromatic heterocycles. The third-order valence-electron chi connectivity index (χ3n) is 4.78. The van der Waals surface area contributed by atoms with E-state index >= 15 is 0 Å². The number of amides is 2. The molecule has 4 rings (SSSR count). The van der Waals surface area contributed by atoms with E-state index in [1.165, 1.54) is 0 Å². The van der Waals surface area contributed by atoms with Gasteiger partial charge in [-0.25, -0.2) is 4.68 Å². The maximum Gasteiger partial charge on any atom is 0.312 e. The Morgan fingerprint density at radius 3 is 2.62 bits per heavy atom. The van der Waals surface area contributed by atoms with Crippen molar-refractivity contribution in [2.45, 2.75) is 31.8 Å². The van der Waals surface area contributed by atoms with E-state index in [0.29, 0.717) is 19.6 Å². The van der Waals surface area contributed by atoms with Crippen molar-refractivity contribution in [3.8, 4) is 5.69 Å². The van der Waals surface area contributed by atoms with Crippen LogP contribution in [0.3, 0.4) is 0 Å². The van der Waals surface area contributed by atoms with Crippen LogP contribution in [0.2, 0.25) is 0 Å². The van der Waals surface area contributed by atoms with Gasteiger partial charge in [-0.15, -0.1) is 5.10 Å². The molecule has 0 aromatic carbocycles. The molecule has 2 aromatic rings. The summed E-state index contributed by atoms with van der Waals surface area (Å²) in [6.07, 6.45) is 6.97. The molecule has 2 amide bonds. The standard InChI is InChI=1S/C16H18N6O2/c1-16(4-5-16)21-9-8-20(14(23)15(21)24)11-12-2-3-13(10-17-12)22-7-6-18-19-22/h2-3,6-7,10H,4-5,8-9,11H2,1H3. The number of aromatic nitrogens is 4. The molecule has 0 unspecified atom stereocenters. The summed E-state index contributed by atoms with van der Waals surface area (Å²) >= 11 is 0. The van der Waals surface area contributed by atoms with Crippen molar-refractivity contribution in [1.29, 1.82) is 0 Å². The van der Waals surface area contributed by atoms with Crippen molar-refractivity contribution in [3.05, 3.63) is 36.4 Å². The van der Waals surface area contributed by atoms with Crippen molar-refractivity contribution in [1.82, 2.24) is 29.8 Å². The zero-order chi connectivity index (χ0) is 16.7. The van der Waals surface area contributed by atoms with Crippen molar-refractivity contribution in [3.63, 3.8) is 0 Å². The minimum atomic E-state index is -0.434. The van der Waals surface area contributed by atoms with Crippen LogP contribution in [0.4, 0.5) is 0 Å². The average molecular weight is 326 g/mol. The molecule has 0 N–H and O–H groups in total. The predicted octanol–water partition coefficient (Wildman–Crippen LogP) is 0.386. The zero-order valence-electron chi connectivity index (χ0n) is 13.4. The first kappa shape index (κ1) is 14.8. The van der Waals surface area contributed by atoms with Crippen molar-refractivity contribution in [2.75, 3.05) is 13.1 Å². The highest BCUT2D eigenvalue weighted by atomic mass is 16.2. The Hall–Kier alpha value is -2.77. The Balaban J connectivity index is 1.44. The van der Waals surface area contributed by atoms with Crippen LogP contribution in [0, 0.1) is 0 Å². The van der Waals surface area contributed by atoms with Crippen LogP contribution >= 0.6 is 0 Å². The zero-order valence-corrected chi connectivity index (χ0v) is 13.4. The second-order valence-corrected chi connectivity index (χ2v) is 6.54. The van der Waals surface area contributed by atoms with E-state index in [1.807, 2.05) is 19.1 Å². The Morgan fingerprint density at radius 1 is 1.17 bits per heavy atom. The highest BCUT2D eigenvalue weighted by Gasteiger charge is 2.49. The molecule has 0 spiro atoms. The van der Waals surface area contributed by atoms with Gasteiger partial charge in [0.25, 0.3) is 0 Å². The third kappa shape index (κ3) is 2.53. The minimum absolute atomic E-state index is 0.101. The van der Waals surface area contributed by atoms with E-state index in [9.17, 15) is 9.59 Å². The maximum atomic E-state index is 12.4. The van der Waals surface area contributed by atoms with Crippen molar-refractivity contribution in [2.24, 2.45) is 0 Å². The van der Waals surface area contributed by atoms with Crippen LogP contribution in [0.1, 0.15) is 25.5 Å². The van der Waals surface area contributed by atoms with Crippen molar-refractivity contribution < 1.29 is 9.59 Å². The lowest BCUT2D eigenvalue weighted by Gasteiger charge is -2.37. The number of hydrogen-bond acceptors (Lipinski definition) is 5. The Bertz CT molecular complexity index is 766. The quantitative estimate of drug-likeness (QED) is 0.759. The second kappa shape index (κ2) is 5.40. The van der Waals surface area contributed by atoms with Crippen LogP contribution in [-0.4, -0.2) is 60.2 Å². The lowest BCUT2D eigenvalue weighted by Crippen LogP contribution is -2.57. The molecular formula is C16H18N6O2. The highest BCUT2D eigenvalue weighted by Crippen LogP contribution is 2.41. The lowest BCUT2D eigenvalue weighted by molar-refractivity contribution is -0.158. The number of carbonyl (C=O) groups excluding carboxylic acids is 2. The summed E-state index contributed by atoms with van der Waals surface area (Å²) in [5, 5.41) is 7.66. The van der Waals surface area contributed by atoms with Gasteiger partial charge in [-0.1, -0.05) is 5.21 Å². The van der Waals surface area contributed by atoms with Crippen LogP contribution in [-0.2, 0) is 16.1 Å². The summed E-state index contributed by atoms with van der Waals surface area (Å²) in [5.41, 5.74) is 1.44. The van der Waals surface area contributed by atoms with Gasteiger partial charge >= 0.3 is 11.8 Å². The van der Waals surface area contributed by atoms with Gasteiger partial charge in [-0.2, -0.15) is 0 Å². The highest BCUT2D eigenvalue weighted by molar-refractivity contribution is 6.35. The summed E-state index contributed by atoms with van der Waals surface area (Å²) in [4.78, 5) is 32.3. The smallest absolute Gasteiger partial charge is 0.312 e. The molecule has 124 valence electrons. The fraction of sp³-hybridized carbons (Fsp3) is 0.438. The molecule has 8 heteroatoms. The normalized spacial score (nSPS) is 19.7. The molecular weight excluding hydrogens is 308 g/mol. The largest absolute Gasteiger partial charge is 0.327 e. The van der Waals surface area contributed by atoms with Gasteiger partial charge in [-0.05, 0) is 31.9 Å². The SMILES string of the molecule is CC1(N2CCN(Cc3ccc(-n4ccnn4)cn3)C(=O)C2=O)CC1. The predicted molar refractivity (Wildman–Crippen MR) is 83.9 cm³/mol. The van der Waals surface area contributed by atoms with Gasteiger partial charge in [0, 0.05) is 18.6 Å². The van der Waals surface area contributed by atoms with E-state index < -0.39 is 5.91 Å². The van der Waals surface area contributed by atoms with E-state index in [0.717, 1.165) is 24.2 Å². The lowest BCUT2D eigenvalue weighted by atomic mass is 10.2. The molecule has 0 atom stereocenters. The molecule has 2 aliphatic rings. The molecule has 1 saturated carbocycles. The molecule has 1 aliphatic heterocycles. The Kier molecular flexibility index (Phi) is 3.33. The molecule has 2 fully saturated rings. The van der Waals surface area contributed by atoms with Gasteiger partial charge in [0.15, 0.2) is 0 Å². The number of pyridine rings is 1. The minimum Gasteiger partial charge on any atom is -0.327 e. The van der Waals surface area contributed by atoms with Crippen LogP contribution in [0.25, 0.3) is 5.69 Å². The molecule has 8 nitrogen and oxygen atoms in total. The molecule has 0 radical (unpaired) electrons. The Morgan fingerprint density at radius 2 is 2.00 bits per heavy atom. The average Bonchev–Trinajstić information content (AvgIpc) is 3.11. The summed E-state index contributed by atoms with van der Waals surface area (Å²) in [6, 6.07) is 3.70. The third-order valence-corrected chi connectivity index (χ3v) is 4.78. The second-order valence-electron chi connectivity index (χ2n) is 6.54. The molecule has 24 heavy (non-hydrogen) atoms. The van der Waals surface area contributed by atoms with Gasteiger partial charge in [0.05, 0.1) is 36.5 Å². The van der Waals surface area contributed by atoms with Gasteiger partial charge in [0.2, 0.25) is 0 Å². The van der Waals surface area contributed by atoms with E-state index in [1.54, 1.807) is 33.1 Å². The molecule has 0 bridgehead atoms. The van der Waals surface area contributed by atoms with Gasteiger partial charge in [0.1, 0.15) is 0 Å². The number of rotatable bonds is 4. The number of carbonyl (C=O) groups is 2. The summed E-state index contributed by atoms with van der Waals surface area (Å²) in [7, 11) is 0. The van der Waals surface area contributed by atoms with Gasteiger partial charge in [-0.3, -0.25) is 14.6 Å². The van der Waals surface area contributed by atoms with E-state index in [4.69, 9.17) is 0 Å². The molecule has 1 saturated heterocycles. The summed E-state index contributed by atoms with van der Waals surface area (Å²) in [6.45, 7) is 3.52. The fourth-order valence-electron chi connectivity index (χ4n) is 2.98. The number of nitrogens with zero attached hydrogens (tertiary/aromatic N) is 6.